The van der Waals surface area contributed by atoms with Gasteiger partial charge in [0.1, 0.15) is 16.6 Å². The Kier molecular flexibility index (Phi) is 4.79. The number of hydrogen-bond donors (Lipinski definition) is 0. The molecule has 0 fully saturated rings. The molecule has 4 rings (SSSR count). The second-order valence-electron chi connectivity index (χ2n) is 5.50. The summed E-state index contributed by atoms with van der Waals surface area (Å²) in [5, 5.41) is 8.98. The molecule has 27 heavy (non-hydrogen) atoms. The van der Waals surface area contributed by atoms with E-state index < -0.39 is 0 Å². The molecule has 136 valence electrons. The lowest BCUT2D eigenvalue weighted by atomic mass is 10.2. The van der Waals surface area contributed by atoms with Crippen molar-refractivity contribution in [3.05, 3.63) is 70.6 Å². The largest absolute Gasteiger partial charge is 0.470 e. The van der Waals surface area contributed by atoms with Gasteiger partial charge in [0.25, 0.3) is 5.89 Å². The molecule has 9 heteroatoms. The lowest BCUT2D eigenvalue weighted by Crippen LogP contribution is -2.06. The Labute approximate surface area is 163 Å². The van der Waals surface area contributed by atoms with Crippen molar-refractivity contribution in [3.63, 3.8) is 0 Å². The Hall–Kier alpha value is -2.90. The zero-order valence-electron chi connectivity index (χ0n) is 13.6. The standard InChI is InChI=1S/C18H11Cl2FN4O2/c19-13-2-1-3-15(16(13)20)26-10-25-9-8-14(23-25)18-22-17(24-27-18)11-4-6-12(21)7-5-11/h1-9H,10H2. The van der Waals surface area contributed by atoms with Gasteiger partial charge in [0, 0.05) is 11.8 Å². The first-order chi connectivity index (χ1) is 13.1. The lowest BCUT2D eigenvalue weighted by molar-refractivity contribution is 0.221. The second kappa shape index (κ2) is 7.38. The third kappa shape index (κ3) is 3.79. The molecule has 4 aromatic rings. The van der Waals surface area contributed by atoms with Crippen LogP contribution in [-0.4, -0.2) is 19.9 Å². The molecule has 0 aliphatic heterocycles. The minimum absolute atomic E-state index is 0.124. The van der Waals surface area contributed by atoms with Crippen molar-refractivity contribution in [3.8, 4) is 28.7 Å². The van der Waals surface area contributed by atoms with E-state index in [1.165, 1.54) is 12.1 Å². The van der Waals surface area contributed by atoms with Gasteiger partial charge in [0.05, 0.1) is 5.02 Å². The molecule has 0 saturated carbocycles. The molecule has 2 heterocycles. The van der Waals surface area contributed by atoms with Gasteiger partial charge in [-0.1, -0.05) is 34.4 Å². The van der Waals surface area contributed by atoms with Crippen molar-refractivity contribution >= 4 is 23.2 Å². The van der Waals surface area contributed by atoms with Crippen molar-refractivity contribution in [2.24, 2.45) is 0 Å². The van der Waals surface area contributed by atoms with Crippen LogP contribution >= 0.6 is 23.2 Å². The summed E-state index contributed by atoms with van der Waals surface area (Å²) in [5.74, 6) is 0.717. The molecule has 6 nitrogen and oxygen atoms in total. The van der Waals surface area contributed by atoms with Crippen LogP contribution in [0.15, 0.2) is 59.3 Å². The molecule has 0 bridgehead atoms. The smallest absolute Gasteiger partial charge is 0.278 e. The maximum absolute atomic E-state index is 13.0. The first kappa shape index (κ1) is 17.5. The fraction of sp³-hybridized carbons (Fsp3) is 0.0556. The van der Waals surface area contributed by atoms with E-state index in [9.17, 15) is 4.39 Å². The summed E-state index contributed by atoms with van der Waals surface area (Å²) in [5.41, 5.74) is 1.13. The van der Waals surface area contributed by atoms with Crippen molar-refractivity contribution < 1.29 is 13.7 Å². The molecular formula is C18H11Cl2FN4O2. The number of nitrogens with zero attached hydrogens (tertiary/aromatic N) is 4. The van der Waals surface area contributed by atoms with Gasteiger partial charge in [-0.25, -0.2) is 9.07 Å². The van der Waals surface area contributed by atoms with Gasteiger partial charge in [-0.2, -0.15) is 10.1 Å². The second-order valence-corrected chi connectivity index (χ2v) is 6.28. The van der Waals surface area contributed by atoms with Crippen LogP contribution in [0.3, 0.4) is 0 Å². The van der Waals surface area contributed by atoms with Gasteiger partial charge in [0.2, 0.25) is 5.82 Å². The fourth-order valence-electron chi connectivity index (χ4n) is 2.32. The molecule has 0 radical (unpaired) electrons. The molecular weight excluding hydrogens is 394 g/mol. The number of ether oxygens (including phenoxy) is 1. The third-order valence-electron chi connectivity index (χ3n) is 3.66. The first-order valence-corrected chi connectivity index (χ1v) is 8.56. The predicted octanol–water partition coefficient (Wildman–Crippen LogP) is 5.08. The van der Waals surface area contributed by atoms with E-state index in [1.54, 1.807) is 47.3 Å². The van der Waals surface area contributed by atoms with E-state index in [-0.39, 0.29) is 18.4 Å². The van der Waals surface area contributed by atoms with Crippen LogP contribution in [0.25, 0.3) is 23.0 Å². The van der Waals surface area contributed by atoms with Crippen LogP contribution in [0.1, 0.15) is 0 Å². The van der Waals surface area contributed by atoms with Gasteiger partial charge in [0.15, 0.2) is 12.4 Å². The summed E-state index contributed by atoms with van der Waals surface area (Å²) in [7, 11) is 0. The van der Waals surface area contributed by atoms with Crippen LogP contribution < -0.4 is 4.74 Å². The molecule has 0 amide bonds. The molecule has 0 aliphatic carbocycles. The number of benzene rings is 2. The summed E-state index contributed by atoms with van der Waals surface area (Å²) in [6, 6.07) is 12.7. The van der Waals surface area contributed by atoms with Gasteiger partial charge < -0.3 is 9.26 Å². The fourth-order valence-corrected chi connectivity index (χ4v) is 2.67. The van der Waals surface area contributed by atoms with Crippen LogP contribution in [0, 0.1) is 5.82 Å². The highest BCUT2D eigenvalue weighted by molar-refractivity contribution is 6.42. The maximum Gasteiger partial charge on any atom is 0.278 e. The summed E-state index contributed by atoms with van der Waals surface area (Å²) >= 11 is 12.0. The summed E-state index contributed by atoms with van der Waals surface area (Å²) in [6.07, 6.45) is 1.70. The van der Waals surface area contributed by atoms with Crippen LogP contribution in [0.2, 0.25) is 10.0 Å². The Morgan fingerprint density at radius 1 is 1.07 bits per heavy atom. The molecule has 0 aliphatic rings. The van der Waals surface area contributed by atoms with Gasteiger partial charge in [-0.3, -0.25) is 0 Å². The Morgan fingerprint density at radius 2 is 1.89 bits per heavy atom. The summed E-state index contributed by atoms with van der Waals surface area (Å²) in [6.45, 7) is 0.124. The number of hydrogen-bond acceptors (Lipinski definition) is 5. The van der Waals surface area contributed by atoms with Crippen LogP contribution in [-0.2, 0) is 6.73 Å². The predicted molar refractivity (Wildman–Crippen MR) is 98.0 cm³/mol. The van der Waals surface area contributed by atoms with E-state index >= 15 is 0 Å². The van der Waals surface area contributed by atoms with Crippen molar-refractivity contribution in [2.75, 3.05) is 0 Å². The number of aromatic nitrogens is 4. The molecule has 2 aromatic carbocycles. The zero-order valence-corrected chi connectivity index (χ0v) is 15.2. The van der Waals surface area contributed by atoms with Gasteiger partial charge in [-0.15, -0.1) is 0 Å². The molecule has 0 saturated heterocycles. The molecule has 0 atom stereocenters. The molecule has 0 spiro atoms. The van der Waals surface area contributed by atoms with Crippen molar-refractivity contribution in [2.45, 2.75) is 6.73 Å². The molecule has 0 unspecified atom stereocenters. The SMILES string of the molecule is Fc1ccc(-c2noc(-c3ccn(COc4cccc(Cl)c4Cl)n3)n2)cc1. The average Bonchev–Trinajstić information content (AvgIpc) is 3.33. The molecule has 2 aromatic heterocycles. The van der Waals surface area contributed by atoms with Gasteiger partial charge >= 0.3 is 0 Å². The topological polar surface area (TPSA) is 66.0 Å². The van der Waals surface area contributed by atoms with Crippen molar-refractivity contribution in [1.29, 1.82) is 0 Å². The molecule has 0 N–H and O–H groups in total. The van der Waals surface area contributed by atoms with Gasteiger partial charge in [-0.05, 0) is 42.5 Å². The third-order valence-corrected chi connectivity index (χ3v) is 4.46. The quantitative estimate of drug-likeness (QED) is 0.463. The highest BCUT2D eigenvalue weighted by Gasteiger charge is 2.14. The monoisotopic (exact) mass is 404 g/mol. The Balaban J connectivity index is 1.48. The lowest BCUT2D eigenvalue weighted by Gasteiger charge is -2.08. The van der Waals surface area contributed by atoms with Crippen molar-refractivity contribution in [1.82, 2.24) is 19.9 Å². The minimum Gasteiger partial charge on any atom is -0.470 e. The zero-order chi connectivity index (χ0) is 18.8. The minimum atomic E-state index is -0.332. The normalized spacial score (nSPS) is 10.9. The first-order valence-electron chi connectivity index (χ1n) is 7.80. The Morgan fingerprint density at radius 3 is 2.70 bits per heavy atom. The highest BCUT2D eigenvalue weighted by atomic mass is 35.5. The van der Waals surface area contributed by atoms with E-state index in [4.69, 9.17) is 32.5 Å². The Bertz CT molecular complexity index is 1080. The summed E-state index contributed by atoms with van der Waals surface area (Å²) < 4.78 is 25.4. The van der Waals surface area contributed by atoms with Crippen LogP contribution in [0.5, 0.6) is 5.75 Å². The van der Waals surface area contributed by atoms with E-state index in [0.717, 1.165) is 0 Å². The van der Waals surface area contributed by atoms with E-state index in [1.807, 2.05) is 0 Å². The van der Waals surface area contributed by atoms with E-state index in [2.05, 4.69) is 15.2 Å². The summed E-state index contributed by atoms with van der Waals surface area (Å²) in [4.78, 5) is 4.28. The van der Waals surface area contributed by atoms with Crippen LogP contribution in [0.4, 0.5) is 4.39 Å². The van der Waals surface area contributed by atoms with E-state index in [0.29, 0.717) is 32.9 Å². The number of rotatable bonds is 5. The maximum atomic E-state index is 13.0. The highest BCUT2D eigenvalue weighted by Crippen LogP contribution is 2.31. The number of halogens is 3. The average molecular weight is 405 g/mol.